The SMILES string of the molecule is CCOc1ccc(/C=N\n2cnnc2SCc2ccc(C)cc2)cc1OC. The first kappa shape index (κ1) is 19.0. The van der Waals surface area contributed by atoms with Crippen molar-refractivity contribution >= 4 is 18.0 Å². The molecule has 0 bridgehead atoms. The summed E-state index contributed by atoms with van der Waals surface area (Å²) in [6, 6.07) is 14.2. The molecule has 6 nitrogen and oxygen atoms in total. The minimum absolute atomic E-state index is 0.589. The maximum absolute atomic E-state index is 5.54. The van der Waals surface area contributed by atoms with Crippen molar-refractivity contribution in [3.8, 4) is 11.5 Å². The Morgan fingerprint density at radius 1 is 1.15 bits per heavy atom. The first-order chi connectivity index (χ1) is 13.2. The Morgan fingerprint density at radius 3 is 2.70 bits per heavy atom. The van der Waals surface area contributed by atoms with Gasteiger partial charge in [-0.2, -0.15) is 9.78 Å². The Kier molecular flexibility index (Phi) is 6.49. The van der Waals surface area contributed by atoms with Gasteiger partial charge in [0.15, 0.2) is 11.5 Å². The Morgan fingerprint density at radius 2 is 1.96 bits per heavy atom. The molecule has 0 saturated heterocycles. The number of aryl methyl sites for hydroxylation is 1. The Hall–Kier alpha value is -2.80. The van der Waals surface area contributed by atoms with Crippen molar-refractivity contribution in [2.75, 3.05) is 13.7 Å². The molecule has 0 N–H and O–H groups in total. The van der Waals surface area contributed by atoms with Crippen LogP contribution in [0.5, 0.6) is 11.5 Å². The summed E-state index contributed by atoms with van der Waals surface area (Å²) in [5.41, 5.74) is 3.39. The molecule has 0 aliphatic carbocycles. The molecule has 3 aromatic rings. The fourth-order valence-electron chi connectivity index (χ4n) is 2.39. The maximum Gasteiger partial charge on any atom is 0.212 e. The number of methoxy groups -OCH3 is 1. The van der Waals surface area contributed by atoms with Crippen molar-refractivity contribution in [3.63, 3.8) is 0 Å². The normalized spacial score (nSPS) is 11.1. The second-order valence-electron chi connectivity index (χ2n) is 5.82. The van der Waals surface area contributed by atoms with E-state index in [0.29, 0.717) is 12.4 Å². The summed E-state index contributed by atoms with van der Waals surface area (Å²) in [5, 5.41) is 13.3. The van der Waals surface area contributed by atoms with Crippen LogP contribution in [0.4, 0.5) is 0 Å². The minimum atomic E-state index is 0.589. The maximum atomic E-state index is 5.54. The second-order valence-corrected chi connectivity index (χ2v) is 6.76. The van der Waals surface area contributed by atoms with Gasteiger partial charge in [-0.15, -0.1) is 10.2 Å². The molecule has 3 rings (SSSR count). The van der Waals surface area contributed by atoms with Crippen molar-refractivity contribution in [2.45, 2.75) is 24.8 Å². The topological polar surface area (TPSA) is 61.5 Å². The second kappa shape index (κ2) is 9.23. The van der Waals surface area contributed by atoms with Crippen molar-refractivity contribution in [2.24, 2.45) is 5.10 Å². The number of hydrogen-bond donors (Lipinski definition) is 0. The molecule has 0 fully saturated rings. The van der Waals surface area contributed by atoms with Gasteiger partial charge in [-0.05, 0) is 43.2 Å². The zero-order valence-corrected chi connectivity index (χ0v) is 16.4. The van der Waals surface area contributed by atoms with Crippen molar-refractivity contribution in [3.05, 3.63) is 65.5 Å². The number of hydrogen-bond acceptors (Lipinski definition) is 6. The molecule has 27 heavy (non-hydrogen) atoms. The van der Waals surface area contributed by atoms with Gasteiger partial charge in [0.25, 0.3) is 0 Å². The highest BCUT2D eigenvalue weighted by Crippen LogP contribution is 2.27. The number of benzene rings is 2. The molecule has 0 aliphatic rings. The van der Waals surface area contributed by atoms with Crippen LogP contribution in [0, 0.1) is 6.92 Å². The molecular weight excluding hydrogens is 360 g/mol. The summed E-state index contributed by atoms with van der Waals surface area (Å²) in [5.74, 6) is 2.21. The van der Waals surface area contributed by atoms with E-state index in [2.05, 4.69) is 46.5 Å². The number of ether oxygens (including phenoxy) is 2. The van der Waals surface area contributed by atoms with Crippen LogP contribution in [0.25, 0.3) is 0 Å². The molecule has 2 aromatic carbocycles. The van der Waals surface area contributed by atoms with E-state index in [9.17, 15) is 0 Å². The lowest BCUT2D eigenvalue weighted by atomic mass is 10.2. The smallest absolute Gasteiger partial charge is 0.212 e. The van der Waals surface area contributed by atoms with Gasteiger partial charge in [0.1, 0.15) is 6.33 Å². The summed E-state index contributed by atoms with van der Waals surface area (Å²) < 4.78 is 12.6. The van der Waals surface area contributed by atoms with E-state index < -0.39 is 0 Å². The molecule has 140 valence electrons. The third-order valence-corrected chi connectivity index (χ3v) is 4.81. The molecule has 1 aromatic heterocycles. The summed E-state index contributed by atoms with van der Waals surface area (Å²) in [4.78, 5) is 0. The lowest BCUT2D eigenvalue weighted by Gasteiger charge is -2.09. The number of nitrogens with zero attached hydrogens (tertiary/aromatic N) is 4. The highest BCUT2D eigenvalue weighted by Gasteiger charge is 2.06. The number of aromatic nitrogens is 3. The Balaban J connectivity index is 1.69. The monoisotopic (exact) mass is 382 g/mol. The van der Waals surface area contributed by atoms with E-state index in [1.54, 1.807) is 36.1 Å². The van der Waals surface area contributed by atoms with Gasteiger partial charge in [0, 0.05) is 5.75 Å². The number of rotatable bonds is 8. The molecule has 0 saturated carbocycles. The molecule has 0 spiro atoms. The zero-order chi connectivity index (χ0) is 19.1. The van der Waals surface area contributed by atoms with E-state index in [1.165, 1.54) is 11.1 Å². The van der Waals surface area contributed by atoms with Gasteiger partial charge in [0.2, 0.25) is 5.16 Å². The standard InChI is InChI=1S/C20H22N4O2S/c1-4-26-18-10-9-17(11-19(18)25-3)12-22-24-14-21-23-20(24)27-13-16-7-5-15(2)6-8-16/h5-12,14H,4,13H2,1-3H3/b22-12-. The molecule has 1 heterocycles. The van der Waals surface area contributed by atoms with Crippen molar-refractivity contribution in [1.29, 1.82) is 0 Å². The van der Waals surface area contributed by atoms with Crippen LogP contribution in [0.3, 0.4) is 0 Å². The van der Waals surface area contributed by atoms with Crippen LogP contribution < -0.4 is 9.47 Å². The highest BCUT2D eigenvalue weighted by molar-refractivity contribution is 7.98. The van der Waals surface area contributed by atoms with Crippen molar-refractivity contribution in [1.82, 2.24) is 14.9 Å². The third-order valence-electron chi connectivity index (χ3n) is 3.81. The molecule has 0 aliphatic heterocycles. The predicted octanol–water partition coefficient (Wildman–Crippen LogP) is 4.17. The fraction of sp³-hybridized carbons (Fsp3) is 0.250. The van der Waals surface area contributed by atoms with Crippen LogP contribution in [0.1, 0.15) is 23.6 Å². The summed E-state index contributed by atoms with van der Waals surface area (Å²) >= 11 is 1.60. The lowest BCUT2D eigenvalue weighted by Crippen LogP contribution is -1.97. The van der Waals surface area contributed by atoms with Gasteiger partial charge in [-0.1, -0.05) is 41.6 Å². The Bertz CT molecular complexity index is 907. The molecule has 7 heteroatoms. The minimum Gasteiger partial charge on any atom is -0.493 e. The molecule has 0 atom stereocenters. The zero-order valence-electron chi connectivity index (χ0n) is 15.6. The van der Waals surface area contributed by atoms with Crippen LogP contribution in [0.15, 0.2) is 59.0 Å². The highest BCUT2D eigenvalue weighted by atomic mass is 32.2. The summed E-state index contributed by atoms with van der Waals surface area (Å²) in [7, 11) is 1.62. The first-order valence-electron chi connectivity index (χ1n) is 8.63. The van der Waals surface area contributed by atoms with E-state index in [0.717, 1.165) is 22.2 Å². The average Bonchev–Trinajstić information content (AvgIpc) is 3.14. The summed E-state index contributed by atoms with van der Waals surface area (Å²) in [6.07, 6.45) is 3.34. The van der Waals surface area contributed by atoms with Gasteiger partial charge in [0.05, 0.1) is 19.9 Å². The third kappa shape index (κ3) is 5.10. The largest absolute Gasteiger partial charge is 0.493 e. The average molecular weight is 382 g/mol. The van der Waals surface area contributed by atoms with Crippen LogP contribution in [-0.2, 0) is 5.75 Å². The summed E-state index contributed by atoms with van der Waals surface area (Å²) in [6.45, 7) is 4.61. The van der Waals surface area contributed by atoms with Gasteiger partial charge in [-0.25, -0.2) is 0 Å². The van der Waals surface area contributed by atoms with Gasteiger partial charge in [-0.3, -0.25) is 0 Å². The lowest BCUT2D eigenvalue weighted by molar-refractivity contribution is 0.311. The first-order valence-corrected chi connectivity index (χ1v) is 9.61. The van der Waals surface area contributed by atoms with E-state index in [1.807, 2.05) is 25.1 Å². The quantitative estimate of drug-likeness (QED) is 0.432. The molecule has 0 unspecified atom stereocenters. The van der Waals surface area contributed by atoms with E-state index in [-0.39, 0.29) is 0 Å². The predicted molar refractivity (Wildman–Crippen MR) is 108 cm³/mol. The number of thioether (sulfide) groups is 1. The molecule has 0 amide bonds. The van der Waals surface area contributed by atoms with Gasteiger partial charge < -0.3 is 9.47 Å². The molecular formula is C20H22N4O2S. The van der Waals surface area contributed by atoms with Crippen LogP contribution in [-0.4, -0.2) is 34.8 Å². The van der Waals surface area contributed by atoms with Crippen molar-refractivity contribution < 1.29 is 9.47 Å². The van der Waals surface area contributed by atoms with Gasteiger partial charge >= 0.3 is 0 Å². The van der Waals surface area contributed by atoms with E-state index >= 15 is 0 Å². The van der Waals surface area contributed by atoms with E-state index in [4.69, 9.17) is 9.47 Å². The van der Waals surface area contributed by atoms with Crippen LogP contribution in [0.2, 0.25) is 0 Å². The van der Waals surface area contributed by atoms with Crippen LogP contribution >= 0.6 is 11.8 Å². The molecule has 0 radical (unpaired) electrons. The Labute approximate surface area is 163 Å². The fourth-order valence-corrected chi connectivity index (χ4v) is 3.21.